The molecule has 3 rings (SSSR count). The minimum absolute atomic E-state index is 0. The molecule has 0 bridgehead atoms. The first-order valence-electron chi connectivity index (χ1n) is 10.6. The van der Waals surface area contributed by atoms with Crippen LogP contribution in [0.15, 0.2) is 29.3 Å². The molecule has 0 amide bonds. The standard InChI is InChI=1S/C22H35N3O3.HI/c1-18-6-5-8-20(16-18)27-15-11-24-22(23-2)25-12-9-19(10-13-25)28-17-21-7-3-4-14-26-21;/h5-6,8,16,19,21H,3-4,7,9-15,17H2,1-2H3,(H,23,24);1H. The van der Waals surface area contributed by atoms with Crippen LogP contribution in [0.1, 0.15) is 37.7 Å². The van der Waals surface area contributed by atoms with Crippen LogP contribution in [0.25, 0.3) is 0 Å². The first-order chi connectivity index (χ1) is 13.7. The summed E-state index contributed by atoms with van der Waals surface area (Å²) in [5.74, 6) is 1.86. The molecule has 1 aromatic rings. The van der Waals surface area contributed by atoms with Crippen LogP contribution in [0.5, 0.6) is 5.75 Å². The van der Waals surface area contributed by atoms with Crippen molar-refractivity contribution in [3.05, 3.63) is 29.8 Å². The van der Waals surface area contributed by atoms with E-state index in [-0.39, 0.29) is 24.0 Å². The molecule has 164 valence electrons. The van der Waals surface area contributed by atoms with E-state index in [2.05, 4.69) is 34.3 Å². The predicted molar refractivity (Wildman–Crippen MR) is 128 cm³/mol. The van der Waals surface area contributed by atoms with Crippen molar-refractivity contribution in [1.82, 2.24) is 10.2 Å². The average Bonchev–Trinajstić information content (AvgIpc) is 2.74. The highest BCUT2D eigenvalue weighted by Crippen LogP contribution is 2.18. The van der Waals surface area contributed by atoms with Gasteiger partial charge in [-0.25, -0.2) is 0 Å². The minimum atomic E-state index is 0. The van der Waals surface area contributed by atoms with Gasteiger partial charge in [0.15, 0.2) is 5.96 Å². The van der Waals surface area contributed by atoms with E-state index in [9.17, 15) is 0 Å². The molecule has 0 saturated carbocycles. The van der Waals surface area contributed by atoms with Crippen molar-refractivity contribution >= 4 is 29.9 Å². The maximum Gasteiger partial charge on any atom is 0.193 e. The highest BCUT2D eigenvalue weighted by molar-refractivity contribution is 14.0. The molecule has 7 heteroatoms. The molecule has 1 atom stereocenters. The Morgan fingerprint density at radius 1 is 1.24 bits per heavy atom. The fraction of sp³-hybridized carbons (Fsp3) is 0.682. The smallest absolute Gasteiger partial charge is 0.193 e. The fourth-order valence-corrected chi connectivity index (χ4v) is 3.79. The maximum atomic E-state index is 6.11. The van der Waals surface area contributed by atoms with E-state index < -0.39 is 0 Å². The van der Waals surface area contributed by atoms with E-state index in [1.807, 2.05) is 19.2 Å². The van der Waals surface area contributed by atoms with Gasteiger partial charge in [-0.05, 0) is 56.7 Å². The van der Waals surface area contributed by atoms with Crippen molar-refractivity contribution in [1.29, 1.82) is 0 Å². The van der Waals surface area contributed by atoms with Crippen LogP contribution in [-0.4, -0.2) is 69.6 Å². The molecule has 1 N–H and O–H groups in total. The van der Waals surface area contributed by atoms with E-state index >= 15 is 0 Å². The second-order valence-corrected chi connectivity index (χ2v) is 7.65. The van der Waals surface area contributed by atoms with Gasteiger partial charge in [0.25, 0.3) is 0 Å². The lowest BCUT2D eigenvalue weighted by Gasteiger charge is -2.35. The highest BCUT2D eigenvalue weighted by Gasteiger charge is 2.23. The summed E-state index contributed by atoms with van der Waals surface area (Å²) in [7, 11) is 1.84. The zero-order valence-electron chi connectivity index (χ0n) is 17.8. The number of aliphatic imine (C=N–C) groups is 1. The van der Waals surface area contributed by atoms with Crippen LogP contribution < -0.4 is 10.1 Å². The molecule has 0 aliphatic carbocycles. The van der Waals surface area contributed by atoms with Crippen molar-refractivity contribution in [2.75, 3.05) is 46.5 Å². The van der Waals surface area contributed by atoms with E-state index in [0.717, 1.165) is 63.8 Å². The lowest BCUT2D eigenvalue weighted by atomic mass is 10.1. The van der Waals surface area contributed by atoms with Crippen LogP contribution >= 0.6 is 24.0 Å². The van der Waals surface area contributed by atoms with Crippen LogP contribution in [-0.2, 0) is 9.47 Å². The SMILES string of the molecule is CN=C(NCCOc1cccc(C)c1)N1CCC(OCC2CCCCO2)CC1.I. The second-order valence-electron chi connectivity index (χ2n) is 7.65. The molecule has 2 aliphatic rings. The van der Waals surface area contributed by atoms with Crippen LogP contribution in [0.2, 0.25) is 0 Å². The van der Waals surface area contributed by atoms with Gasteiger partial charge in [-0.15, -0.1) is 24.0 Å². The van der Waals surface area contributed by atoms with Crippen molar-refractivity contribution in [2.45, 2.75) is 51.2 Å². The molecule has 0 spiro atoms. The van der Waals surface area contributed by atoms with Gasteiger partial charge in [-0.1, -0.05) is 12.1 Å². The Labute approximate surface area is 192 Å². The number of halogens is 1. The summed E-state index contributed by atoms with van der Waals surface area (Å²) in [5, 5.41) is 3.41. The summed E-state index contributed by atoms with van der Waals surface area (Å²) in [6.07, 6.45) is 6.30. The normalized spacial score (nSPS) is 20.8. The molecule has 0 radical (unpaired) electrons. The summed E-state index contributed by atoms with van der Waals surface area (Å²) in [6.45, 7) is 6.99. The second kappa shape index (κ2) is 13.3. The summed E-state index contributed by atoms with van der Waals surface area (Å²) in [6, 6.07) is 8.13. The Hall–Kier alpha value is -1.06. The lowest BCUT2D eigenvalue weighted by Crippen LogP contribution is -2.48. The Bertz CT molecular complexity index is 615. The van der Waals surface area contributed by atoms with Crippen molar-refractivity contribution < 1.29 is 14.2 Å². The summed E-state index contributed by atoms with van der Waals surface area (Å²) >= 11 is 0. The quantitative estimate of drug-likeness (QED) is 0.259. The third kappa shape index (κ3) is 8.30. The number of hydrogen-bond acceptors (Lipinski definition) is 4. The zero-order chi connectivity index (χ0) is 19.6. The first-order valence-corrected chi connectivity index (χ1v) is 10.6. The summed E-state index contributed by atoms with van der Waals surface area (Å²) < 4.78 is 17.7. The van der Waals surface area contributed by atoms with Gasteiger partial charge in [-0.2, -0.15) is 0 Å². The van der Waals surface area contributed by atoms with Crippen LogP contribution in [0, 0.1) is 6.92 Å². The molecule has 29 heavy (non-hydrogen) atoms. The Morgan fingerprint density at radius 2 is 2.07 bits per heavy atom. The Balaban J connectivity index is 0.00000300. The van der Waals surface area contributed by atoms with Gasteiger partial charge in [0.05, 0.1) is 25.4 Å². The molecular formula is C22H36IN3O3. The number of ether oxygens (including phenoxy) is 3. The number of guanidine groups is 1. The van der Waals surface area contributed by atoms with Gasteiger partial charge in [0.1, 0.15) is 12.4 Å². The molecule has 1 aromatic carbocycles. The van der Waals surface area contributed by atoms with Crippen molar-refractivity contribution in [3.8, 4) is 5.75 Å². The molecule has 0 aromatic heterocycles. The van der Waals surface area contributed by atoms with Gasteiger partial charge in [0, 0.05) is 26.7 Å². The number of likely N-dealkylation sites (tertiary alicyclic amines) is 1. The Kier molecular flexibility index (Phi) is 11.1. The number of hydrogen-bond donors (Lipinski definition) is 1. The van der Waals surface area contributed by atoms with Gasteiger partial charge >= 0.3 is 0 Å². The lowest BCUT2D eigenvalue weighted by molar-refractivity contribution is -0.0721. The summed E-state index contributed by atoms with van der Waals surface area (Å²) in [4.78, 5) is 6.74. The fourth-order valence-electron chi connectivity index (χ4n) is 3.79. The third-order valence-corrected chi connectivity index (χ3v) is 5.39. The van der Waals surface area contributed by atoms with E-state index in [1.54, 1.807) is 0 Å². The maximum absolute atomic E-state index is 6.11. The van der Waals surface area contributed by atoms with Crippen molar-refractivity contribution in [3.63, 3.8) is 0 Å². The molecule has 2 aliphatic heterocycles. The van der Waals surface area contributed by atoms with Gasteiger partial charge in [0.2, 0.25) is 0 Å². The number of piperidine rings is 1. The highest BCUT2D eigenvalue weighted by atomic mass is 127. The van der Waals surface area contributed by atoms with Crippen LogP contribution in [0.4, 0.5) is 0 Å². The molecule has 2 saturated heterocycles. The average molecular weight is 517 g/mol. The number of nitrogens with one attached hydrogen (secondary N) is 1. The topological polar surface area (TPSA) is 55.3 Å². The molecule has 1 unspecified atom stereocenters. The molecule has 2 fully saturated rings. The van der Waals surface area contributed by atoms with Gasteiger partial charge < -0.3 is 24.4 Å². The third-order valence-electron chi connectivity index (χ3n) is 5.39. The monoisotopic (exact) mass is 517 g/mol. The van der Waals surface area contributed by atoms with E-state index in [1.165, 1.54) is 18.4 Å². The molecule has 2 heterocycles. The van der Waals surface area contributed by atoms with Gasteiger partial charge in [-0.3, -0.25) is 4.99 Å². The summed E-state index contributed by atoms with van der Waals surface area (Å²) in [5.41, 5.74) is 1.21. The van der Waals surface area contributed by atoms with Crippen LogP contribution in [0.3, 0.4) is 0 Å². The Morgan fingerprint density at radius 3 is 2.76 bits per heavy atom. The number of nitrogens with zero attached hydrogens (tertiary/aromatic N) is 2. The number of rotatable bonds is 7. The first kappa shape index (κ1) is 24.2. The van der Waals surface area contributed by atoms with E-state index in [0.29, 0.717) is 18.8 Å². The molecule has 6 nitrogen and oxygen atoms in total. The van der Waals surface area contributed by atoms with Crippen molar-refractivity contribution in [2.24, 2.45) is 4.99 Å². The molecular weight excluding hydrogens is 481 g/mol. The minimum Gasteiger partial charge on any atom is -0.492 e. The number of benzene rings is 1. The predicted octanol–water partition coefficient (Wildman–Crippen LogP) is 3.62. The zero-order valence-corrected chi connectivity index (χ0v) is 20.1. The van der Waals surface area contributed by atoms with E-state index in [4.69, 9.17) is 14.2 Å². The largest absolute Gasteiger partial charge is 0.492 e. The number of aryl methyl sites for hydroxylation is 1.